The number of amides is 1. The molecule has 0 spiro atoms. The van der Waals surface area contributed by atoms with Crippen LogP contribution in [0.1, 0.15) is 24.2 Å². The second-order valence-electron chi connectivity index (χ2n) is 4.90. The van der Waals surface area contributed by atoms with Crippen LogP contribution in [0.15, 0.2) is 39.5 Å². The third kappa shape index (κ3) is 4.23. The predicted octanol–water partition coefficient (Wildman–Crippen LogP) is 1.02. The molecule has 0 radical (unpaired) electrons. The molecule has 8 nitrogen and oxygen atoms in total. The van der Waals surface area contributed by atoms with Crippen LogP contribution in [0.3, 0.4) is 0 Å². The summed E-state index contributed by atoms with van der Waals surface area (Å²) >= 11 is 0. The highest BCUT2D eigenvalue weighted by molar-refractivity contribution is 6.06. The Bertz CT molecular complexity index is 837. The van der Waals surface area contributed by atoms with E-state index in [4.69, 9.17) is 13.9 Å². The quantitative estimate of drug-likeness (QED) is 0.471. The molecule has 2 rings (SSSR count). The summed E-state index contributed by atoms with van der Waals surface area (Å²) in [5, 5.41) is 2.68. The van der Waals surface area contributed by atoms with E-state index in [2.05, 4.69) is 5.32 Å². The normalized spacial score (nSPS) is 10.5. The highest BCUT2D eigenvalue weighted by Gasteiger charge is 2.32. The van der Waals surface area contributed by atoms with E-state index in [0.717, 1.165) is 0 Å². The van der Waals surface area contributed by atoms with Crippen LogP contribution < -0.4 is 10.9 Å². The largest absolute Gasteiger partial charge is 0.464 e. The molecule has 1 aromatic heterocycles. The van der Waals surface area contributed by atoms with E-state index in [0.29, 0.717) is 11.0 Å². The smallest absolute Gasteiger partial charge is 0.349 e. The van der Waals surface area contributed by atoms with E-state index < -0.39 is 29.5 Å². The van der Waals surface area contributed by atoms with Crippen LogP contribution in [-0.2, 0) is 19.1 Å². The number of fused-ring (bicyclic) bond motifs is 1. The molecule has 0 bridgehead atoms. The number of para-hydroxylation sites is 1. The molecule has 1 N–H and O–H groups in total. The standard InChI is InChI=1S/C17H17NO7/c1-3-23-16(21)13(17(22)24-4-2)18-14(19)11-9-10-7-5-6-8-12(10)25-15(11)20/h5-9,13H,3-4H2,1-2H3,(H,18,19). The van der Waals surface area contributed by atoms with Gasteiger partial charge in [0.05, 0.1) is 13.2 Å². The van der Waals surface area contributed by atoms with Crippen LogP contribution in [0.5, 0.6) is 0 Å². The molecule has 0 aliphatic heterocycles. The zero-order valence-electron chi connectivity index (χ0n) is 13.7. The van der Waals surface area contributed by atoms with Crippen molar-refractivity contribution in [2.75, 3.05) is 13.2 Å². The fourth-order valence-corrected chi connectivity index (χ4v) is 2.09. The summed E-state index contributed by atoms with van der Waals surface area (Å²) in [5.74, 6) is -2.88. The number of esters is 2. The number of rotatable bonds is 6. The Balaban J connectivity index is 2.31. The van der Waals surface area contributed by atoms with E-state index in [9.17, 15) is 19.2 Å². The van der Waals surface area contributed by atoms with Crippen LogP contribution in [0, 0.1) is 0 Å². The fraction of sp³-hybridized carbons (Fsp3) is 0.294. The first-order valence-corrected chi connectivity index (χ1v) is 7.65. The Hall–Kier alpha value is -3.16. The van der Waals surface area contributed by atoms with Crippen molar-refractivity contribution in [3.8, 4) is 0 Å². The van der Waals surface area contributed by atoms with Crippen molar-refractivity contribution in [1.82, 2.24) is 5.32 Å². The SMILES string of the molecule is CCOC(=O)C(NC(=O)c1cc2ccccc2oc1=O)C(=O)OCC. The monoisotopic (exact) mass is 347 g/mol. The minimum absolute atomic E-state index is 0.0166. The minimum Gasteiger partial charge on any atom is -0.464 e. The summed E-state index contributed by atoms with van der Waals surface area (Å²) in [5.41, 5.74) is -0.906. The number of benzene rings is 1. The summed E-state index contributed by atoms with van der Waals surface area (Å²) in [7, 11) is 0. The third-order valence-electron chi connectivity index (χ3n) is 3.21. The van der Waals surface area contributed by atoms with E-state index in [1.807, 2.05) is 0 Å². The van der Waals surface area contributed by atoms with Crippen molar-refractivity contribution in [3.05, 3.63) is 46.3 Å². The van der Waals surface area contributed by atoms with E-state index >= 15 is 0 Å². The van der Waals surface area contributed by atoms with Gasteiger partial charge in [-0.2, -0.15) is 0 Å². The van der Waals surface area contributed by atoms with Crippen LogP contribution in [0.2, 0.25) is 0 Å². The molecule has 0 aliphatic rings. The molecule has 0 atom stereocenters. The molecule has 8 heteroatoms. The lowest BCUT2D eigenvalue weighted by molar-refractivity contribution is -0.157. The Morgan fingerprint density at radius 1 is 1.08 bits per heavy atom. The molecule has 2 aromatic rings. The van der Waals surface area contributed by atoms with Gasteiger partial charge in [-0.3, -0.25) is 4.79 Å². The molecular formula is C17H17NO7. The first-order chi connectivity index (χ1) is 12.0. The van der Waals surface area contributed by atoms with Gasteiger partial charge < -0.3 is 19.2 Å². The number of nitrogens with one attached hydrogen (secondary N) is 1. The Morgan fingerprint density at radius 3 is 2.28 bits per heavy atom. The van der Waals surface area contributed by atoms with Gasteiger partial charge in [0.2, 0.25) is 6.04 Å². The van der Waals surface area contributed by atoms with Crippen molar-refractivity contribution in [2.45, 2.75) is 19.9 Å². The highest BCUT2D eigenvalue weighted by Crippen LogP contribution is 2.12. The molecule has 0 aliphatic carbocycles. The maximum absolute atomic E-state index is 12.4. The van der Waals surface area contributed by atoms with Crippen LogP contribution in [0.4, 0.5) is 0 Å². The Labute approximate surface area is 142 Å². The average Bonchev–Trinajstić information content (AvgIpc) is 2.59. The zero-order chi connectivity index (χ0) is 18.4. The van der Waals surface area contributed by atoms with Crippen LogP contribution >= 0.6 is 0 Å². The minimum atomic E-state index is -1.67. The maximum Gasteiger partial charge on any atom is 0.349 e. The molecule has 1 amide bonds. The molecule has 0 fully saturated rings. The summed E-state index contributed by atoms with van der Waals surface area (Å²) in [6.07, 6.45) is 0. The van der Waals surface area contributed by atoms with Gasteiger partial charge in [-0.1, -0.05) is 18.2 Å². The molecule has 132 valence electrons. The molecule has 0 saturated carbocycles. The molecule has 1 heterocycles. The van der Waals surface area contributed by atoms with Gasteiger partial charge in [-0.25, -0.2) is 14.4 Å². The number of carbonyl (C=O) groups excluding carboxylic acids is 3. The number of hydrogen-bond acceptors (Lipinski definition) is 7. The van der Waals surface area contributed by atoms with Gasteiger partial charge in [0, 0.05) is 5.39 Å². The molecule has 0 saturated heterocycles. The first kappa shape index (κ1) is 18.2. The molecule has 25 heavy (non-hydrogen) atoms. The Kier molecular flexibility index (Phi) is 5.89. The third-order valence-corrected chi connectivity index (χ3v) is 3.21. The van der Waals surface area contributed by atoms with E-state index in [1.54, 1.807) is 38.1 Å². The van der Waals surface area contributed by atoms with Crippen molar-refractivity contribution in [2.24, 2.45) is 0 Å². The molecule has 0 unspecified atom stereocenters. The molecular weight excluding hydrogens is 330 g/mol. The van der Waals surface area contributed by atoms with Gasteiger partial charge in [-0.15, -0.1) is 0 Å². The summed E-state index contributed by atoms with van der Waals surface area (Å²) < 4.78 is 14.6. The predicted molar refractivity (Wildman–Crippen MR) is 87.0 cm³/mol. The highest BCUT2D eigenvalue weighted by atomic mass is 16.6. The first-order valence-electron chi connectivity index (χ1n) is 7.65. The zero-order valence-corrected chi connectivity index (χ0v) is 13.7. The van der Waals surface area contributed by atoms with Crippen LogP contribution in [0.25, 0.3) is 11.0 Å². The van der Waals surface area contributed by atoms with Crippen molar-refractivity contribution in [1.29, 1.82) is 0 Å². The van der Waals surface area contributed by atoms with Gasteiger partial charge in [0.25, 0.3) is 5.91 Å². The number of carbonyl (C=O) groups is 3. The van der Waals surface area contributed by atoms with Crippen molar-refractivity contribution in [3.63, 3.8) is 0 Å². The maximum atomic E-state index is 12.4. The Morgan fingerprint density at radius 2 is 1.68 bits per heavy atom. The number of hydrogen-bond donors (Lipinski definition) is 1. The summed E-state index contributed by atoms with van der Waals surface area (Å²) in [6, 6.07) is 6.29. The van der Waals surface area contributed by atoms with Crippen LogP contribution in [-0.4, -0.2) is 37.1 Å². The molecule has 1 aromatic carbocycles. The van der Waals surface area contributed by atoms with Crippen molar-refractivity contribution >= 4 is 28.8 Å². The van der Waals surface area contributed by atoms with Gasteiger partial charge in [0.1, 0.15) is 11.1 Å². The van der Waals surface area contributed by atoms with Gasteiger partial charge >= 0.3 is 17.6 Å². The summed E-state index contributed by atoms with van der Waals surface area (Å²) in [6.45, 7) is 3.14. The van der Waals surface area contributed by atoms with E-state index in [1.165, 1.54) is 6.07 Å². The van der Waals surface area contributed by atoms with E-state index in [-0.39, 0.29) is 18.8 Å². The van der Waals surface area contributed by atoms with Gasteiger partial charge in [0.15, 0.2) is 0 Å². The summed E-state index contributed by atoms with van der Waals surface area (Å²) in [4.78, 5) is 48.1. The average molecular weight is 347 g/mol. The number of ether oxygens (including phenoxy) is 2. The lowest BCUT2D eigenvalue weighted by Crippen LogP contribution is -2.49. The van der Waals surface area contributed by atoms with Crippen molar-refractivity contribution < 1.29 is 28.3 Å². The van der Waals surface area contributed by atoms with Gasteiger partial charge in [-0.05, 0) is 26.0 Å². The lowest BCUT2D eigenvalue weighted by atomic mass is 10.1. The second-order valence-corrected chi connectivity index (χ2v) is 4.90. The lowest BCUT2D eigenvalue weighted by Gasteiger charge is -2.15. The second kappa shape index (κ2) is 8.09. The topological polar surface area (TPSA) is 112 Å². The fourth-order valence-electron chi connectivity index (χ4n) is 2.09.